The topological polar surface area (TPSA) is 167 Å². The molecule has 1 aliphatic carbocycles. The van der Waals surface area contributed by atoms with Gasteiger partial charge in [0.1, 0.15) is 34.8 Å². The standard InChI is InChI=1S/C33H34F2N8O6/c1-32(2,3)49-31(47)43-12-20(44)10-26(43)29(45)40-15-22-23(16-40)33(22,17-36)27-5-4-18(11-37-27)28-24(34)8-19(9-25(28)35)42-14-21(48-30(42)46)13-41-7-6-38-39-41/h4-9,11,20-23,26,44H,10,12-16H2,1-3H3/t20-,21+,22?,23?,26+,33?/m1/s1. The molecule has 4 fully saturated rings. The van der Waals surface area contributed by atoms with E-state index in [9.17, 15) is 24.8 Å². The number of carbonyl (C=O) groups excluding carboxylic acids is 3. The van der Waals surface area contributed by atoms with Crippen LogP contribution in [-0.2, 0) is 26.2 Å². The third-order valence-electron chi connectivity index (χ3n) is 9.62. The first-order valence-corrected chi connectivity index (χ1v) is 15.9. The number of piperidine rings is 1. The van der Waals surface area contributed by atoms with Crippen LogP contribution in [0, 0.1) is 34.8 Å². The van der Waals surface area contributed by atoms with Gasteiger partial charge in [0.25, 0.3) is 0 Å². The number of cyclic esters (lactones) is 1. The molecule has 3 aliphatic heterocycles. The summed E-state index contributed by atoms with van der Waals surface area (Å²) in [5.74, 6) is -2.55. The number of carbonyl (C=O) groups is 3. The SMILES string of the molecule is CC(C)(C)OC(=O)N1C[C@H](O)C[C@H]1C(=O)N1CC2C(C1)C2(C#N)c1ccc(-c2c(F)cc(N3C[C@H](Cn4ccnn4)OC3=O)cc2F)cn1. The van der Waals surface area contributed by atoms with Gasteiger partial charge in [-0.2, -0.15) is 5.26 Å². The summed E-state index contributed by atoms with van der Waals surface area (Å²) >= 11 is 0. The van der Waals surface area contributed by atoms with Crippen LogP contribution in [-0.4, -0.2) is 103 Å². The van der Waals surface area contributed by atoms with Crippen molar-refractivity contribution in [3.8, 4) is 17.2 Å². The van der Waals surface area contributed by atoms with Crippen LogP contribution >= 0.6 is 0 Å². The summed E-state index contributed by atoms with van der Waals surface area (Å²) in [7, 11) is 0. The van der Waals surface area contributed by atoms with Crippen molar-refractivity contribution in [2.45, 2.75) is 63.0 Å². The van der Waals surface area contributed by atoms with Gasteiger partial charge in [-0.3, -0.25) is 19.6 Å². The second-order valence-corrected chi connectivity index (χ2v) is 13.9. The Hall–Kier alpha value is -5.17. The highest BCUT2D eigenvalue weighted by molar-refractivity contribution is 5.90. The number of halogens is 2. The monoisotopic (exact) mass is 676 g/mol. The zero-order valence-corrected chi connectivity index (χ0v) is 27.0. The largest absolute Gasteiger partial charge is 0.444 e. The van der Waals surface area contributed by atoms with E-state index in [4.69, 9.17) is 9.47 Å². The zero-order valence-electron chi connectivity index (χ0n) is 27.0. The van der Waals surface area contributed by atoms with E-state index in [1.807, 2.05) is 0 Å². The molecule has 0 spiro atoms. The quantitative estimate of drug-likeness (QED) is 0.410. The molecule has 2 aromatic heterocycles. The fourth-order valence-corrected chi connectivity index (χ4v) is 7.34. The number of β-amino-alcohol motifs (C(OH)–C–C–N with tert-alkyl or cyclic N) is 1. The molecule has 5 heterocycles. The number of ether oxygens (including phenoxy) is 2. The highest BCUT2D eigenvalue weighted by Crippen LogP contribution is 2.63. The second kappa shape index (κ2) is 11.8. The molecule has 0 radical (unpaired) electrons. The van der Waals surface area contributed by atoms with Crippen LogP contribution in [0.1, 0.15) is 32.9 Å². The summed E-state index contributed by atoms with van der Waals surface area (Å²) in [4.78, 5) is 47.2. The van der Waals surface area contributed by atoms with E-state index in [1.165, 1.54) is 28.0 Å². The number of aliphatic hydroxyl groups is 1. The predicted octanol–water partition coefficient (Wildman–Crippen LogP) is 2.86. The molecule has 0 bridgehead atoms. The third kappa shape index (κ3) is 5.71. The van der Waals surface area contributed by atoms with Gasteiger partial charge in [-0.25, -0.2) is 23.1 Å². The van der Waals surface area contributed by atoms with Crippen molar-refractivity contribution in [1.29, 1.82) is 5.26 Å². The average molecular weight is 677 g/mol. The van der Waals surface area contributed by atoms with Crippen LogP contribution in [0.25, 0.3) is 11.1 Å². The molecule has 256 valence electrons. The minimum atomic E-state index is -0.977. The summed E-state index contributed by atoms with van der Waals surface area (Å²) in [6, 6.07) is 6.69. The molecule has 3 amide bonds. The van der Waals surface area contributed by atoms with Crippen molar-refractivity contribution in [3.63, 3.8) is 0 Å². The van der Waals surface area contributed by atoms with E-state index in [-0.39, 0.29) is 73.7 Å². The highest BCUT2D eigenvalue weighted by atomic mass is 19.1. The van der Waals surface area contributed by atoms with Crippen LogP contribution in [0.2, 0.25) is 0 Å². The van der Waals surface area contributed by atoms with Gasteiger partial charge in [-0.15, -0.1) is 5.10 Å². The molecular weight excluding hydrogens is 642 g/mol. The van der Waals surface area contributed by atoms with E-state index < -0.39 is 53.1 Å². The fourth-order valence-electron chi connectivity index (χ4n) is 7.34. The fraction of sp³-hybridized carbons (Fsp3) is 0.485. The zero-order chi connectivity index (χ0) is 34.8. The van der Waals surface area contributed by atoms with Crippen LogP contribution in [0.5, 0.6) is 0 Å². The number of hydrogen-bond acceptors (Lipinski definition) is 10. The van der Waals surface area contributed by atoms with Gasteiger partial charge in [-0.1, -0.05) is 11.3 Å². The summed E-state index contributed by atoms with van der Waals surface area (Å²) < 4.78 is 43.1. The number of pyridine rings is 1. The first-order chi connectivity index (χ1) is 23.3. The Morgan fingerprint density at radius 1 is 1.14 bits per heavy atom. The van der Waals surface area contributed by atoms with Crippen LogP contribution in [0.4, 0.5) is 24.1 Å². The van der Waals surface area contributed by atoms with Crippen molar-refractivity contribution in [2.24, 2.45) is 11.8 Å². The first-order valence-electron chi connectivity index (χ1n) is 15.9. The number of hydrogen-bond donors (Lipinski definition) is 1. The minimum absolute atomic E-state index is 0.00379. The summed E-state index contributed by atoms with van der Waals surface area (Å²) in [6.45, 7) is 5.99. The third-order valence-corrected chi connectivity index (χ3v) is 9.62. The van der Waals surface area contributed by atoms with E-state index in [2.05, 4.69) is 21.4 Å². The van der Waals surface area contributed by atoms with Gasteiger partial charge in [-0.05, 0) is 39.0 Å². The van der Waals surface area contributed by atoms with Gasteiger partial charge < -0.3 is 19.5 Å². The molecule has 1 saturated carbocycles. The van der Waals surface area contributed by atoms with Crippen LogP contribution < -0.4 is 4.90 Å². The van der Waals surface area contributed by atoms with Crippen molar-refractivity contribution in [3.05, 3.63) is 60.2 Å². The van der Waals surface area contributed by atoms with E-state index in [0.29, 0.717) is 5.69 Å². The van der Waals surface area contributed by atoms with Crippen molar-refractivity contribution in [1.82, 2.24) is 29.8 Å². The first kappa shape index (κ1) is 32.4. The summed E-state index contributed by atoms with van der Waals surface area (Å²) in [6.07, 6.45) is 1.66. The number of benzene rings is 1. The maximum Gasteiger partial charge on any atom is 0.414 e. The smallest absolute Gasteiger partial charge is 0.414 e. The maximum absolute atomic E-state index is 15.4. The lowest BCUT2D eigenvalue weighted by Gasteiger charge is -2.31. The van der Waals surface area contributed by atoms with Crippen molar-refractivity contribution >= 4 is 23.8 Å². The van der Waals surface area contributed by atoms with Crippen molar-refractivity contribution in [2.75, 3.05) is 31.1 Å². The molecule has 1 aromatic carbocycles. The Labute approximate surface area is 279 Å². The molecule has 2 unspecified atom stereocenters. The second-order valence-electron chi connectivity index (χ2n) is 13.9. The van der Waals surface area contributed by atoms with Gasteiger partial charge in [0.15, 0.2) is 0 Å². The number of likely N-dealkylation sites (tertiary alicyclic amines) is 2. The highest BCUT2D eigenvalue weighted by Gasteiger charge is 2.71. The molecule has 16 heteroatoms. The molecule has 7 rings (SSSR count). The number of nitriles is 1. The number of fused-ring (bicyclic) bond motifs is 1. The minimum Gasteiger partial charge on any atom is -0.444 e. The molecule has 3 aromatic rings. The lowest BCUT2D eigenvalue weighted by atomic mass is 9.95. The lowest BCUT2D eigenvalue weighted by Crippen LogP contribution is -2.49. The molecule has 14 nitrogen and oxygen atoms in total. The number of amides is 3. The number of anilines is 1. The number of aromatic nitrogens is 4. The van der Waals surface area contributed by atoms with Gasteiger partial charge >= 0.3 is 12.2 Å². The molecule has 5 atom stereocenters. The number of nitrogens with zero attached hydrogens (tertiary/aromatic N) is 8. The molecular formula is C33H34F2N8O6. The van der Waals surface area contributed by atoms with E-state index in [0.717, 1.165) is 17.0 Å². The average Bonchev–Trinajstić information content (AvgIpc) is 3.67. The van der Waals surface area contributed by atoms with E-state index >= 15 is 8.78 Å². The van der Waals surface area contributed by atoms with E-state index in [1.54, 1.807) is 37.9 Å². The Kier molecular flexibility index (Phi) is 7.77. The van der Waals surface area contributed by atoms with Gasteiger partial charge in [0, 0.05) is 49.3 Å². The lowest BCUT2D eigenvalue weighted by molar-refractivity contribution is -0.135. The van der Waals surface area contributed by atoms with Crippen molar-refractivity contribution < 1.29 is 37.7 Å². The summed E-state index contributed by atoms with van der Waals surface area (Å²) in [5.41, 5.74) is -1.49. The Morgan fingerprint density at radius 2 is 1.86 bits per heavy atom. The number of rotatable bonds is 6. The normalized spacial score (nSPS) is 27.6. The van der Waals surface area contributed by atoms with Crippen LogP contribution in [0.15, 0.2) is 42.9 Å². The summed E-state index contributed by atoms with van der Waals surface area (Å²) in [5, 5.41) is 28.1. The van der Waals surface area contributed by atoms with Crippen LogP contribution in [0.3, 0.4) is 0 Å². The number of aliphatic hydroxyl groups excluding tert-OH is 1. The molecule has 1 N–H and O–H groups in total. The van der Waals surface area contributed by atoms with Gasteiger partial charge in [0.2, 0.25) is 5.91 Å². The Balaban J connectivity index is 1.02. The molecule has 49 heavy (non-hydrogen) atoms. The Bertz CT molecular complexity index is 1810. The predicted molar refractivity (Wildman–Crippen MR) is 165 cm³/mol. The van der Waals surface area contributed by atoms with Gasteiger partial charge in [0.05, 0.1) is 54.9 Å². The molecule has 3 saturated heterocycles. The Morgan fingerprint density at radius 3 is 2.45 bits per heavy atom. The molecule has 4 aliphatic rings. The maximum atomic E-state index is 15.4.